The number of hydrogen-bond donors (Lipinski definition) is 2. The van der Waals surface area contributed by atoms with Crippen molar-refractivity contribution >= 4 is 11.9 Å². The summed E-state index contributed by atoms with van der Waals surface area (Å²) in [5, 5.41) is 15.7. The van der Waals surface area contributed by atoms with Gasteiger partial charge in [-0.2, -0.15) is 0 Å². The van der Waals surface area contributed by atoms with Gasteiger partial charge in [0, 0.05) is 18.0 Å². The van der Waals surface area contributed by atoms with E-state index in [1.54, 1.807) is 6.07 Å². The molecule has 1 aromatic carbocycles. The molecule has 1 unspecified atom stereocenters. The topological polar surface area (TPSA) is 92.4 Å². The van der Waals surface area contributed by atoms with Crippen LogP contribution in [0.15, 0.2) is 40.9 Å². The van der Waals surface area contributed by atoms with E-state index in [-0.39, 0.29) is 17.7 Å². The number of carboxylic acid groups (broad SMARTS) is 1. The van der Waals surface area contributed by atoms with Gasteiger partial charge in [-0.3, -0.25) is 9.59 Å². The van der Waals surface area contributed by atoms with Crippen LogP contribution in [0.3, 0.4) is 0 Å². The number of hydrogen-bond acceptors (Lipinski definition) is 4. The maximum Gasteiger partial charge on any atom is 0.308 e. The fourth-order valence-corrected chi connectivity index (χ4v) is 2.19. The normalized spacial score (nSPS) is 12.6. The molecule has 6 heteroatoms. The van der Waals surface area contributed by atoms with Gasteiger partial charge in [-0.05, 0) is 12.0 Å². The Morgan fingerprint density at radius 2 is 1.92 bits per heavy atom. The number of aromatic nitrogens is 1. The van der Waals surface area contributed by atoms with Crippen LogP contribution >= 0.6 is 0 Å². The monoisotopic (exact) mass is 330 g/mol. The molecule has 0 aliphatic heterocycles. The number of carboxylic acids is 1. The van der Waals surface area contributed by atoms with Crippen LogP contribution in [-0.2, 0) is 16.6 Å². The van der Waals surface area contributed by atoms with E-state index in [0.717, 1.165) is 5.56 Å². The van der Waals surface area contributed by atoms with Gasteiger partial charge in [-0.1, -0.05) is 56.3 Å². The van der Waals surface area contributed by atoms with E-state index in [4.69, 9.17) is 4.52 Å². The SMILES string of the molecule is CC(C)(C)c1cc(C(=O)NCC(Cc2ccccc2)C(=O)O)no1. The Labute approximate surface area is 140 Å². The number of aliphatic carboxylic acids is 1. The van der Waals surface area contributed by atoms with Crippen molar-refractivity contribution in [1.82, 2.24) is 10.5 Å². The number of carbonyl (C=O) groups excluding carboxylic acids is 1. The number of nitrogens with one attached hydrogen (secondary N) is 1. The maximum absolute atomic E-state index is 12.1. The number of rotatable bonds is 6. The van der Waals surface area contributed by atoms with Gasteiger partial charge in [0.25, 0.3) is 5.91 Å². The second kappa shape index (κ2) is 7.29. The van der Waals surface area contributed by atoms with E-state index in [2.05, 4.69) is 10.5 Å². The molecule has 0 fully saturated rings. The molecule has 0 saturated carbocycles. The Bertz CT molecular complexity index is 701. The summed E-state index contributed by atoms with van der Waals surface area (Å²) in [6.07, 6.45) is 0.350. The van der Waals surface area contributed by atoms with Gasteiger partial charge in [-0.15, -0.1) is 0 Å². The first-order chi connectivity index (χ1) is 11.3. The van der Waals surface area contributed by atoms with E-state index in [9.17, 15) is 14.7 Å². The fraction of sp³-hybridized carbons (Fsp3) is 0.389. The minimum absolute atomic E-state index is 0.0285. The largest absolute Gasteiger partial charge is 0.481 e. The molecule has 0 spiro atoms. The molecule has 1 atom stereocenters. The third kappa shape index (κ3) is 4.68. The maximum atomic E-state index is 12.1. The van der Waals surface area contributed by atoms with Gasteiger partial charge in [0.1, 0.15) is 5.76 Å². The Morgan fingerprint density at radius 3 is 2.46 bits per heavy atom. The van der Waals surface area contributed by atoms with Crippen LogP contribution in [0.5, 0.6) is 0 Å². The summed E-state index contributed by atoms with van der Waals surface area (Å²) in [5.41, 5.74) is 0.821. The van der Waals surface area contributed by atoms with Gasteiger partial charge in [0.15, 0.2) is 5.69 Å². The molecule has 128 valence electrons. The van der Waals surface area contributed by atoms with Crippen LogP contribution in [0.1, 0.15) is 42.6 Å². The number of nitrogens with zero attached hydrogens (tertiary/aromatic N) is 1. The first kappa shape index (κ1) is 17.7. The summed E-state index contributed by atoms with van der Waals surface area (Å²) in [6, 6.07) is 10.9. The third-order valence-electron chi connectivity index (χ3n) is 3.67. The van der Waals surface area contributed by atoms with E-state index < -0.39 is 17.8 Å². The first-order valence-corrected chi connectivity index (χ1v) is 7.79. The van der Waals surface area contributed by atoms with Crippen molar-refractivity contribution < 1.29 is 19.2 Å². The average molecular weight is 330 g/mol. The number of carbonyl (C=O) groups is 2. The van der Waals surface area contributed by atoms with Crippen molar-refractivity contribution in [3.63, 3.8) is 0 Å². The molecule has 0 radical (unpaired) electrons. The lowest BCUT2D eigenvalue weighted by molar-refractivity contribution is -0.141. The second-order valence-corrected chi connectivity index (χ2v) is 6.76. The molecule has 1 amide bonds. The summed E-state index contributed by atoms with van der Waals surface area (Å²) in [5.74, 6) is -1.49. The highest BCUT2D eigenvalue weighted by Gasteiger charge is 2.24. The molecular weight excluding hydrogens is 308 g/mol. The summed E-state index contributed by atoms with van der Waals surface area (Å²) in [7, 11) is 0. The highest BCUT2D eigenvalue weighted by atomic mass is 16.5. The minimum Gasteiger partial charge on any atom is -0.481 e. The van der Waals surface area contributed by atoms with Crippen molar-refractivity contribution in [1.29, 1.82) is 0 Å². The van der Waals surface area contributed by atoms with Gasteiger partial charge in [-0.25, -0.2) is 0 Å². The zero-order valence-corrected chi connectivity index (χ0v) is 14.1. The molecule has 0 saturated heterocycles. The number of amides is 1. The van der Waals surface area contributed by atoms with Crippen molar-refractivity contribution in [2.75, 3.05) is 6.54 Å². The van der Waals surface area contributed by atoms with Crippen LogP contribution in [-0.4, -0.2) is 28.7 Å². The summed E-state index contributed by atoms with van der Waals surface area (Å²) < 4.78 is 5.17. The zero-order chi connectivity index (χ0) is 17.7. The lowest BCUT2D eigenvalue weighted by atomic mass is 9.93. The molecule has 0 bridgehead atoms. The van der Waals surface area contributed by atoms with Gasteiger partial charge >= 0.3 is 5.97 Å². The van der Waals surface area contributed by atoms with E-state index in [1.165, 1.54) is 0 Å². The average Bonchev–Trinajstić information content (AvgIpc) is 3.02. The second-order valence-electron chi connectivity index (χ2n) is 6.76. The summed E-state index contributed by atoms with van der Waals surface area (Å²) in [6.45, 7) is 5.89. The predicted molar refractivity (Wildman–Crippen MR) is 88.8 cm³/mol. The first-order valence-electron chi connectivity index (χ1n) is 7.79. The summed E-state index contributed by atoms with van der Waals surface area (Å²) >= 11 is 0. The van der Waals surface area contributed by atoms with Crippen LogP contribution in [0, 0.1) is 5.92 Å². The molecule has 2 aromatic rings. The standard InChI is InChI=1S/C18H22N2O4/c1-18(2,3)15-10-14(20-24-15)16(21)19-11-13(17(22)23)9-12-7-5-4-6-8-12/h4-8,10,13H,9,11H2,1-3H3,(H,19,21)(H,22,23). The lowest BCUT2D eigenvalue weighted by Crippen LogP contribution is -2.34. The molecular formula is C18H22N2O4. The zero-order valence-electron chi connectivity index (χ0n) is 14.1. The molecule has 1 heterocycles. The molecule has 0 aliphatic carbocycles. The number of benzene rings is 1. The quantitative estimate of drug-likeness (QED) is 0.849. The molecule has 1 aromatic heterocycles. The van der Waals surface area contributed by atoms with Crippen molar-refractivity contribution in [2.24, 2.45) is 5.92 Å². The van der Waals surface area contributed by atoms with E-state index >= 15 is 0 Å². The van der Waals surface area contributed by atoms with Crippen molar-refractivity contribution in [2.45, 2.75) is 32.6 Å². The highest BCUT2D eigenvalue weighted by molar-refractivity contribution is 5.92. The Morgan fingerprint density at radius 1 is 1.25 bits per heavy atom. The Hall–Kier alpha value is -2.63. The van der Waals surface area contributed by atoms with Crippen LogP contribution < -0.4 is 5.32 Å². The van der Waals surface area contributed by atoms with Crippen molar-refractivity contribution in [3.05, 3.63) is 53.4 Å². The Balaban J connectivity index is 1.97. The van der Waals surface area contributed by atoms with E-state index in [0.29, 0.717) is 12.2 Å². The van der Waals surface area contributed by atoms with Gasteiger partial charge in [0.2, 0.25) is 0 Å². The van der Waals surface area contributed by atoms with Crippen LogP contribution in [0.25, 0.3) is 0 Å². The molecule has 24 heavy (non-hydrogen) atoms. The molecule has 2 rings (SSSR count). The van der Waals surface area contributed by atoms with E-state index in [1.807, 2.05) is 51.1 Å². The summed E-state index contributed by atoms with van der Waals surface area (Å²) in [4.78, 5) is 23.5. The fourth-order valence-electron chi connectivity index (χ4n) is 2.19. The molecule has 6 nitrogen and oxygen atoms in total. The molecule has 0 aliphatic rings. The smallest absolute Gasteiger partial charge is 0.308 e. The Kier molecular flexibility index (Phi) is 5.39. The van der Waals surface area contributed by atoms with Crippen LogP contribution in [0.4, 0.5) is 0 Å². The van der Waals surface area contributed by atoms with Gasteiger partial charge in [0.05, 0.1) is 5.92 Å². The van der Waals surface area contributed by atoms with Gasteiger partial charge < -0.3 is 14.9 Å². The lowest BCUT2D eigenvalue weighted by Gasteiger charge is -2.13. The predicted octanol–water partition coefficient (Wildman–Crippen LogP) is 2.65. The van der Waals surface area contributed by atoms with Crippen molar-refractivity contribution in [3.8, 4) is 0 Å². The van der Waals surface area contributed by atoms with Crippen LogP contribution in [0.2, 0.25) is 0 Å². The molecule has 2 N–H and O–H groups in total. The third-order valence-corrected chi connectivity index (χ3v) is 3.67. The highest BCUT2D eigenvalue weighted by Crippen LogP contribution is 2.22. The minimum atomic E-state index is -0.949.